The molecule has 3 rings (SSSR count). The number of aromatic nitrogens is 2. The monoisotopic (exact) mass is 376 g/mol. The minimum Gasteiger partial charge on any atom is -0.302 e. The Hall–Kier alpha value is -1.43. The smallest absolute Gasteiger partial charge is 0.261 e. The SMILES string of the molecule is CCC[C@H](c1nc2ccc(Cl)cc2c(=O)n1C)N1CC[C@@H](C)N(C)CC1. The van der Waals surface area contributed by atoms with Gasteiger partial charge in [-0.15, -0.1) is 0 Å². The van der Waals surface area contributed by atoms with E-state index in [4.69, 9.17) is 16.6 Å². The summed E-state index contributed by atoms with van der Waals surface area (Å²) >= 11 is 6.07. The third-order valence-electron chi connectivity index (χ3n) is 5.70. The molecule has 0 bridgehead atoms. The molecule has 1 aromatic heterocycles. The molecule has 1 fully saturated rings. The van der Waals surface area contributed by atoms with Crippen LogP contribution in [-0.2, 0) is 7.05 Å². The molecule has 2 atom stereocenters. The summed E-state index contributed by atoms with van der Waals surface area (Å²) < 4.78 is 1.72. The maximum absolute atomic E-state index is 12.9. The molecule has 142 valence electrons. The number of benzene rings is 1. The van der Waals surface area contributed by atoms with E-state index in [2.05, 4.69) is 30.7 Å². The predicted octanol–water partition coefficient (Wildman–Crippen LogP) is 3.45. The second kappa shape index (κ2) is 8.07. The molecule has 0 radical (unpaired) electrons. The van der Waals surface area contributed by atoms with Crippen LogP contribution in [0.4, 0.5) is 0 Å². The van der Waals surface area contributed by atoms with Crippen LogP contribution in [0.25, 0.3) is 10.9 Å². The molecular weight excluding hydrogens is 348 g/mol. The van der Waals surface area contributed by atoms with Crippen molar-refractivity contribution < 1.29 is 0 Å². The first-order valence-electron chi connectivity index (χ1n) is 9.52. The lowest BCUT2D eigenvalue weighted by Crippen LogP contribution is -2.36. The van der Waals surface area contributed by atoms with Crippen molar-refractivity contribution in [1.29, 1.82) is 0 Å². The zero-order valence-corrected chi connectivity index (χ0v) is 17.0. The summed E-state index contributed by atoms with van der Waals surface area (Å²) in [6, 6.07) is 6.11. The number of nitrogens with zero attached hydrogens (tertiary/aromatic N) is 4. The lowest BCUT2D eigenvalue weighted by atomic mass is 10.1. The van der Waals surface area contributed by atoms with E-state index in [1.165, 1.54) is 0 Å². The number of halogens is 1. The molecule has 2 aromatic rings. The summed E-state index contributed by atoms with van der Waals surface area (Å²) in [5.74, 6) is 0.865. The molecule has 0 aliphatic carbocycles. The highest BCUT2D eigenvalue weighted by Gasteiger charge is 2.27. The summed E-state index contributed by atoms with van der Waals surface area (Å²) in [6.07, 6.45) is 3.19. The summed E-state index contributed by atoms with van der Waals surface area (Å²) in [5, 5.41) is 1.15. The van der Waals surface area contributed by atoms with Gasteiger partial charge in [0.2, 0.25) is 0 Å². The number of likely N-dealkylation sites (N-methyl/N-ethyl adjacent to an activating group) is 1. The molecule has 0 saturated carbocycles. The Balaban J connectivity index is 2.04. The van der Waals surface area contributed by atoms with Gasteiger partial charge in [-0.3, -0.25) is 14.3 Å². The van der Waals surface area contributed by atoms with Crippen LogP contribution in [0.5, 0.6) is 0 Å². The molecule has 6 heteroatoms. The molecule has 0 spiro atoms. The van der Waals surface area contributed by atoms with Crippen molar-refractivity contribution in [2.75, 3.05) is 26.7 Å². The molecule has 1 aliphatic rings. The standard InChI is InChI=1S/C20H29ClN4O/c1-5-6-18(25-10-9-14(2)23(3)11-12-25)19-22-17-8-7-15(21)13-16(17)20(26)24(19)4/h7-8,13-14,18H,5-6,9-12H2,1-4H3/t14-,18-/m1/s1. The van der Waals surface area contributed by atoms with E-state index in [9.17, 15) is 4.79 Å². The molecule has 0 N–H and O–H groups in total. The Labute approximate surface area is 160 Å². The Bertz CT molecular complexity index is 822. The van der Waals surface area contributed by atoms with Crippen LogP contribution in [0.2, 0.25) is 5.02 Å². The van der Waals surface area contributed by atoms with Gasteiger partial charge in [0.1, 0.15) is 5.82 Å². The van der Waals surface area contributed by atoms with Gasteiger partial charge in [-0.1, -0.05) is 24.9 Å². The van der Waals surface area contributed by atoms with Gasteiger partial charge in [0.25, 0.3) is 5.56 Å². The predicted molar refractivity (Wildman–Crippen MR) is 108 cm³/mol. The number of hydrogen-bond donors (Lipinski definition) is 0. The molecule has 1 aromatic carbocycles. The third-order valence-corrected chi connectivity index (χ3v) is 5.93. The van der Waals surface area contributed by atoms with Crippen LogP contribution >= 0.6 is 11.6 Å². The van der Waals surface area contributed by atoms with Gasteiger partial charge in [0, 0.05) is 37.7 Å². The quantitative estimate of drug-likeness (QED) is 0.819. The first kappa shape index (κ1) is 19.3. The summed E-state index contributed by atoms with van der Waals surface area (Å²) in [7, 11) is 4.02. The molecule has 5 nitrogen and oxygen atoms in total. The van der Waals surface area contributed by atoms with Crippen molar-refractivity contribution in [3.63, 3.8) is 0 Å². The van der Waals surface area contributed by atoms with Gasteiger partial charge < -0.3 is 4.90 Å². The van der Waals surface area contributed by atoms with E-state index in [1.807, 2.05) is 13.1 Å². The van der Waals surface area contributed by atoms with Crippen LogP contribution in [0, 0.1) is 0 Å². The van der Waals surface area contributed by atoms with E-state index in [0.29, 0.717) is 16.5 Å². The van der Waals surface area contributed by atoms with Crippen LogP contribution in [0.15, 0.2) is 23.0 Å². The highest BCUT2D eigenvalue weighted by atomic mass is 35.5. The largest absolute Gasteiger partial charge is 0.302 e. The normalized spacial score (nSPS) is 21.0. The zero-order chi connectivity index (χ0) is 18.8. The minimum absolute atomic E-state index is 0.0195. The maximum atomic E-state index is 12.9. The molecular formula is C20H29ClN4O. The van der Waals surface area contributed by atoms with E-state index in [-0.39, 0.29) is 11.6 Å². The van der Waals surface area contributed by atoms with Gasteiger partial charge in [0.05, 0.1) is 16.9 Å². The zero-order valence-electron chi connectivity index (χ0n) is 16.2. The van der Waals surface area contributed by atoms with Crippen molar-refractivity contribution in [3.8, 4) is 0 Å². The molecule has 1 aliphatic heterocycles. The van der Waals surface area contributed by atoms with Crippen LogP contribution in [-0.4, -0.2) is 52.1 Å². The fraction of sp³-hybridized carbons (Fsp3) is 0.600. The number of hydrogen-bond acceptors (Lipinski definition) is 4. The fourth-order valence-corrected chi connectivity index (χ4v) is 3.98. The highest BCUT2D eigenvalue weighted by molar-refractivity contribution is 6.31. The van der Waals surface area contributed by atoms with E-state index in [1.54, 1.807) is 16.7 Å². The van der Waals surface area contributed by atoms with E-state index < -0.39 is 0 Å². The Morgan fingerprint density at radius 3 is 2.77 bits per heavy atom. The maximum Gasteiger partial charge on any atom is 0.261 e. The van der Waals surface area contributed by atoms with Crippen molar-refractivity contribution in [2.24, 2.45) is 7.05 Å². The number of rotatable bonds is 4. The van der Waals surface area contributed by atoms with Crippen molar-refractivity contribution >= 4 is 22.5 Å². The second-order valence-electron chi connectivity index (χ2n) is 7.45. The van der Waals surface area contributed by atoms with Crippen LogP contribution in [0.3, 0.4) is 0 Å². The van der Waals surface area contributed by atoms with Gasteiger partial charge >= 0.3 is 0 Å². The average Bonchev–Trinajstić information content (AvgIpc) is 2.79. The van der Waals surface area contributed by atoms with Gasteiger partial charge in [0.15, 0.2) is 0 Å². The van der Waals surface area contributed by atoms with Crippen LogP contribution < -0.4 is 5.56 Å². The Morgan fingerprint density at radius 2 is 2.04 bits per heavy atom. The fourth-order valence-electron chi connectivity index (χ4n) is 3.81. The molecule has 0 amide bonds. The third kappa shape index (κ3) is 3.80. The Morgan fingerprint density at radius 1 is 1.27 bits per heavy atom. The number of fused-ring (bicyclic) bond motifs is 1. The highest BCUT2D eigenvalue weighted by Crippen LogP contribution is 2.27. The molecule has 2 heterocycles. The molecule has 1 saturated heterocycles. The lowest BCUT2D eigenvalue weighted by molar-refractivity contribution is 0.181. The first-order valence-corrected chi connectivity index (χ1v) is 9.90. The molecule has 26 heavy (non-hydrogen) atoms. The van der Waals surface area contributed by atoms with Crippen molar-refractivity contribution in [3.05, 3.63) is 39.4 Å². The average molecular weight is 377 g/mol. The summed E-state index contributed by atoms with van der Waals surface area (Å²) in [5.41, 5.74) is 0.711. The second-order valence-corrected chi connectivity index (χ2v) is 7.89. The lowest BCUT2D eigenvalue weighted by Gasteiger charge is -2.31. The van der Waals surface area contributed by atoms with Gasteiger partial charge in [-0.05, 0) is 45.0 Å². The van der Waals surface area contributed by atoms with Crippen LogP contribution in [0.1, 0.15) is 45.0 Å². The van der Waals surface area contributed by atoms with Gasteiger partial charge in [-0.25, -0.2) is 4.98 Å². The molecule has 0 unspecified atom stereocenters. The first-order chi connectivity index (χ1) is 12.4. The topological polar surface area (TPSA) is 41.4 Å². The summed E-state index contributed by atoms with van der Waals surface area (Å²) in [4.78, 5) is 22.7. The van der Waals surface area contributed by atoms with Crippen molar-refractivity contribution in [2.45, 2.75) is 45.2 Å². The summed E-state index contributed by atoms with van der Waals surface area (Å²) in [6.45, 7) is 7.55. The van der Waals surface area contributed by atoms with E-state index >= 15 is 0 Å². The Kier molecular flexibility index (Phi) is 6.00. The van der Waals surface area contributed by atoms with Crippen molar-refractivity contribution in [1.82, 2.24) is 19.4 Å². The van der Waals surface area contributed by atoms with Gasteiger partial charge in [-0.2, -0.15) is 0 Å². The minimum atomic E-state index is -0.0195. The van der Waals surface area contributed by atoms with E-state index in [0.717, 1.165) is 50.2 Å².